The molecule has 0 amide bonds. The van der Waals surface area contributed by atoms with Crippen LogP contribution in [-0.4, -0.2) is 30.5 Å². The molecule has 2 fully saturated rings. The van der Waals surface area contributed by atoms with Crippen molar-refractivity contribution in [3.8, 4) is 5.75 Å². The molecule has 0 unspecified atom stereocenters. The molecule has 1 N–H and O–H groups in total. The predicted molar refractivity (Wildman–Crippen MR) is 96.4 cm³/mol. The van der Waals surface area contributed by atoms with E-state index in [4.69, 9.17) is 9.47 Å². The third-order valence-electron chi connectivity index (χ3n) is 6.02. The molecule has 2 saturated carbocycles. The van der Waals surface area contributed by atoms with Gasteiger partial charge in [-0.05, 0) is 82.4 Å². The third-order valence-corrected chi connectivity index (χ3v) is 6.02. The average molecular weight is 332 g/mol. The number of methoxy groups -OCH3 is 1. The molecule has 4 atom stereocenters. The maximum absolute atomic E-state index is 10.2. The topological polar surface area (TPSA) is 38.7 Å². The Bertz CT molecular complexity index is 545. The highest BCUT2D eigenvalue weighted by molar-refractivity contribution is 5.33. The predicted octanol–water partition coefficient (Wildman–Crippen LogP) is 4.32. The summed E-state index contributed by atoms with van der Waals surface area (Å²) in [6.07, 6.45) is 6.05. The normalized spacial score (nSPS) is 33.3. The summed E-state index contributed by atoms with van der Waals surface area (Å²) in [4.78, 5) is 0. The van der Waals surface area contributed by atoms with Crippen LogP contribution in [0.5, 0.6) is 5.75 Å². The van der Waals surface area contributed by atoms with Crippen LogP contribution in [0, 0.1) is 11.8 Å². The van der Waals surface area contributed by atoms with Crippen molar-refractivity contribution in [2.45, 2.75) is 70.0 Å². The number of fused-ring (bicyclic) bond motifs is 1. The summed E-state index contributed by atoms with van der Waals surface area (Å²) in [6.45, 7) is 6.68. The number of ether oxygens (including phenoxy) is 2. The fraction of sp³-hybridized carbons (Fsp3) is 0.714. The molecule has 1 aromatic rings. The summed E-state index contributed by atoms with van der Waals surface area (Å²) in [5.41, 5.74) is 1.09. The molecule has 24 heavy (non-hydrogen) atoms. The minimum Gasteiger partial charge on any atom is -0.497 e. The van der Waals surface area contributed by atoms with Gasteiger partial charge in [0.2, 0.25) is 0 Å². The van der Waals surface area contributed by atoms with E-state index in [1.807, 2.05) is 12.1 Å². The molecular formula is C21H32O3. The Morgan fingerprint density at radius 2 is 1.83 bits per heavy atom. The van der Waals surface area contributed by atoms with Crippen molar-refractivity contribution in [3.05, 3.63) is 29.8 Å². The van der Waals surface area contributed by atoms with E-state index in [1.165, 1.54) is 12.0 Å². The summed E-state index contributed by atoms with van der Waals surface area (Å²) >= 11 is 0. The number of benzene rings is 1. The molecule has 2 aliphatic carbocycles. The molecule has 0 heterocycles. The monoisotopic (exact) mass is 332 g/mol. The largest absolute Gasteiger partial charge is 0.497 e. The smallest absolute Gasteiger partial charge is 0.118 e. The minimum atomic E-state index is -0.0932. The van der Waals surface area contributed by atoms with Crippen LogP contribution < -0.4 is 4.74 Å². The first-order chi connectivity index (χ1) is 11.4. The van der Waals surface area contributed by atoms with Crippen LogP contribution in [0.25, 0.3) is 0 Å². The van der Waals surface area contributed by atoms with Gasteiger partial charge < -0.3 is 14.6 Å². The van der Waals surface area contributed by atoms with Crippen molar-refractivity contribution < 1.29 is 14.6 Å². The van der Waals surface area contributed by atoms with Crippen LogP contribution in [0.2, 0.25) is 0 Å². The van der Waals surface area contributed by atoms with Gasteiger partial charge in [-0.15, -0.1) is 0 Å². The second-order valence-electron chi connectivity index (χ2n) is 8.68. The van der Waals surface area contributed by atoms with E-state index in [2.05, 4.69) is 32.9 Å². The molecule has 0 radical (unpaired) electrons. The summed E-state index contributed by atoms with van der Waals surface area (Å²) in [7, 11) is 1.69. The van der Waals surface area contributed by atoms with E-state index >= 15 is 0 Å². The van der Waals surface area contributed by atoms with Gasteiger partial charge in [-0.25, -0.2) is 0 Å². The lowest BCUT2D eigenvalue weighted by molar-refractivity contribution is -0.0876. The van der Waals surface area contributed by atoms with Crippen molar-refractivity contribution >= 4 is 0 Å². The van der Waals surface area contributed by atoms with Crippen LogP contribution in [0.3, 0.4) is 0 Å². The summed E-state index contributed by atoms with van der Waals surface area (Å²) in [5.74, 6) is 2.20. The molecule has 3 nitrogen and oxygen atoms in total. The lowest BCUT2D eigenvalue weighted by atomic mass is 9.63. The zero-order valence-corrected chi connectivity index (χ0v) is 15.5. The highest BCUT2D eigenvalue weighted by Gasteiger charge is 2.47. The fourth-order valence-corrected chi connectivity index (χ4v) is 4.87. The van der Waals surface area contributed by atoms with Gasteiger partial charge in [-0.1, -0.05) is 12.1 Å². The number of aliphatic hydroxyl groups is 1. The van der Waals surface area contributed by atoms with E-state index in [1.54, 1.807) is 7.11 Å². The molecule has 134 valence electrons. The first kappa shape index (κ1) is 17.8. The Kier molecular flexibility index (Phi) is 4.94. The second-order valence-corrected chi connectivity index (χ2v) is 8.68. The summed E-state index contributed by atoms with van der Waals surface area (Å²) in [5, 5.41) is 10.2. The van der Waals surface area contributed by atoms with Gasteiger partial charge in [-0.3, -0.25) is 0 Å². The quantitative estimate of drug-likeness (QED) is 0.892. The van der Waals surface area contributed by atoms with Gasteiger partial charge >= 0.3 is 0 Å². The summed E-state index contributed by atoms with van der Waals surface area (Å²) in [6, 6.07) is 8.29. The van der Waals surface area contributed by atoms with E-state index in [0.717, 1.165) is 31.4 Å². The van der Waals surface area contributed by atoms with Gasteiger partial charge in [0, 0.05) is 5.41 Å². The van der Waals surface area contributed by atoms with Crippen LogP contribution in [0.15, 0.2) is 24.3 Å². The van der Waals surface area contributed by atoms with Crippen molar-refractivity contribution in [1.29, 1.82) is 0 Å². The highest BCUT2D eigenvalue weighted by Crippen LogP contribution is 2.52. The highest BCUT2D eigenvalue weighted by atomic mass is 16.5. The molecule has 0 saturated heterocycles. The lowest BCUT2D eigenvalue weighted by Gasteiger charge is -2.43. The SMILES string of the molecule is COc1ccc([C@]2(CO)CC[C@H]3[C@@H](CC[C@@H]3OC(C)(C)C)C2)cc1. The number of hydrogen-bond donors (Lipinski definition) is 1. The first-order valence-corrected chi connectivity index (χ1v) is 9.30. The van der Waals surface area contributed by atoms with Crippen molar-refractivity contribution in [2.75, 3.05) is 13.7 Å². The van der Waals surface area contributed by atoms with Gasteiger partial charge in [-0.2, -0.15) is 0 Å². The van der Waals surface area contributed by atoms with Crippen LogP contribution in [0.1, 0.15) is 58.4 Å². The number of hydrogen-bond acceptors (Lipinski definition) is 3. The maximum Gasteiger partial charge on any atom is 0.118 e. The fourth-order valence-electron chi connectivity index (χ4n) is 4.87. The molecule has 2 aliphatic rings. The van der Waals surface area contributed by atoms with E-state index in [9.17, 15) is 5.11 Å². The zero-order chi connectivity index (χ0) is 17.4. The summed E-state index contributed by atoms with van der Waals surface area (Å²) < 4.78 is 11.6. The molecule has 1 aromatic carbocycles. The average Bonchev–Trinajstić information content (AvgIpc) is 2.95. The molecule has 3 rings (SSSR count). The Balaban J connectivity index is 1.75. The van der Waals surface area contributed by atoms with Gasteiger partial charge in [0.15, 0.2) is 0 Å². The molecule has 0 aromatic heterocycles. The first-order valence-electron chi connectivity index (χ1n) is 9.30. The van der Waals surface area contributed by atoms with Crippen LogP contribution in [-0.2, 0) is 10.2 Å². The Morgan fingerprint density at radius 1 is 1.12 bits per heavy atom. The van der Waals surface area contributed by atoms with E-state index in [0.29, 0.717) is 17.9 Å². The second kappa shape index (κ2) is 6.68. The lowest BCUT2D eigenvalue weighted by Crippen LogP contribution is -2.41. The van der Waals surface area contributed by atoms with Crippen molar-refractivity contribution in [2.24, 2.45) is 11.8 Å². The molecule has 3 heteroatoms. The standard InChI is InChI=1S/C21H32O3/c1-20(2,3)24-19-10-5-15-13-21(14-22,12-11-18(15)19)16-6-8-17(23-4)9-7-16/h6-9,15,18-19,22H,5,10-14H2,1-4H3/t15-,18-,19-,21+/m0/s1. The van der Waals surface area contributed by atoms with Gasteiger partial charge in [0.25, 0.3) is 0 Å². The maximum atomic E-state index is 10.2. The van der Waals surface area contributed by atoms with Crippen LogP contribution >= 0.6 is 0 Å². The van der Waals surface area contributed by atoms with Crippen molar-refractivity contribution in [3.63, 3.8) is 0 Å². The Hall–Kier alpha value is -1.06. The third kappa shape index (κ3) is 3.48. The molecule has 0 spiro atoms. The van der Waals surface area contributed by atoms with Gasteiger partial charge in [0.1, 0.15) is 5.75 Å². The van der Waals surface area contributed by atoms with Gasteiger partial charge in [0.05, 0.1) is 25.4 Å². The Morgan fingerprint density at radius 3 is 2.42 bits per heavy atom. The zero-order valence-electron chi connectivity index (χ0n) is 15.5. The van der Waals surface area contributed by atoms with Crippen LogP contribution in [0.4, 0.5) is 0 Å². The van der Waals surface area contributed by atoms with E-state index < -0.39 is 0 Å². The molecule has 0 bridgehead atoms. The van der Waals surface area contributed by atoms with E-state index in [-0.39, 0.29) is 17.6 Å². The number of rotatable bonds is 4. The minimum absolute atomic E-state index is 0.0684. The van der Waals surface area contributed by atoms with Crippen molar-refractivity contribution in [1.82, 2.24) is 0 Å². The Labute approximate surface area is 146 Å². The molecular weight excluding hydrogens is 300 g/mol. The molecule has 0 aliphatic heterocycles. The number of aliphatic hydroxyl groups excluding tert-OH is 1.